The van der Waals surface area contributed by atoms with E-state index < -0.39 is 17.5 Å². The van der Waals surface area contributed by atoms with Gasteiger partial charge < -0.3 is 10.1 Å². The Bertz CT molecular complexity index is 1340. The van der Waals surface area contributed by atoms with E-state index in [9.17, 15) is 14.9 Å². The standard InChI is InChI=1S/C29H26ClN3O3/c1-19(33-28(35)29(2,3)36-27(34)24-9-5-7-22(15-24)18-32)26(16-20-10-12-25(30)13-11-20)23-8-4-6-21(14-23)17-31/h4-15,19,26H,16H2,1-3H3,(H,33,35). The van der Waals surface area contributed by atoms with Gasteiger partial charge in [0.1, 0.15) is 0 Å². The number of nitriles is 2. The average molecular weight is 500 g/mol. The zero-order chi connectivity index (χ0) is 26.3. The van der Waals surface area contributed by atoms with Gasteiger partial charge in [0.2, 0.25) is 0 Å². The van der Waals surface area contributed by atoms with Crippen LogP contribution in [0.4, 0.5) is 0 Å². The summed E-state index contributed by atoms with van der Waals surface area (Å²) in [5, 5.41) is 22.1. The highest BCUT2D eigenvalue weighted by Gasteiger charge is 2.35. The van der Waals surface area contributed by atoms with Crippen LogP contribution in [0.5, 0.6) is 0 Å². The molecule has 182 valence electrons. The van der Waals surface area contributed by atoms with Gasteiger partial charge in [0.25, 0.3) is 5.91 Å². The van der Waals surface area contributed by atoms with Crippen molar-refractivity contribution in [1.29, 1.82) is 10.5 Å². The summed E-state index contributed by atoms with van der Waals surface area (Å²) in [5.41, 5.74) is 1.51. The molecule has 3 aromatic rings. The lowest BCUT2D eigenvalue weighted by Gasteiger charge is -2.30. The molecular formula is C29H26ClN3O3. The summed E-state index contributed by atoms with van der Waals surface area (Å²) in [7, 11) is 0. The first-order valence-corrected chi connectivity index (χ1v) is 11.8. The van der Waals surface area contributed by atoms with Gasteiger partial charge in [-0.3, -0.25) is 4.79 Å². The lowest BCUT2D eigenvalue weighted by molar-refractivity contribution is -0.138. The van der Waals surface area contributed by atoms with E-state index >= 15 is 0 Å². The van der Waals surface area contributed by atoms with E-state index in [0.29, 0.717) is 22.6 Å². The molecule has 0 aromatic heterocycles. The van der Waals surface area contributed by atoms with Crippen LogP contribution in [0.15, 0.2) is 72.8 Å². The summed E-state index contributed by atoms with van der Waals surface area (Å²) in [4.78, 5) is 25.9. The molecule has 2 unspecified atom stereocenters. The second-order valence-electron chi connectivity index (χ2n) is 9.03. The van der Waals surface area contributed by atoms with Crippen molar-refractivity contribution in [1.82, 2.24) is 5.32 Å². The van der Waals surface area contributed by atoms with Crippen molar-refractivity contribution in [2.75, 3.05) is 0 Å². The summed E-state index contributed by atoms with van der Waals surface area (Å²) in [6.07, 6.45) is 0.592. The molecular weight excluding hydrogens is 474 g/mol. The van der Waals surface area contributed by atoms with E-state index in [-0.39, 0.29) is 17.5 Å². The van der Waals surface area contributed by atoms with Crippen LogP contribution in [0, 0.1) is 22.7 Å². The van der Waals surface area contributed by atoms with E-state index in [1.54, 1.807) is 18.2 Å². The number of carbonyl (C=O) groups is 2. The molecule has 1 amide bonds. The molecule has 6 nitrogen and oxygen atoms in total. The van der Waals surface area contributed by atoms with Crippen LogP contribution in [-0.4, -0.2) is 23.5 Å². The Labute approximate surface area is 216 Å². The molecule has 0 radical (unpaired) electrons. The third-order valence-corrected chi connectivity index (χ3v) is 6.15. The summed E-state index contributed by atoms with van der Waals surface area (Å²) in [5.74, 6) is -1.32. The van der Waals surface area contributed by atoms with Gasteiger partial charge >= 0.3 is 5.97 Å². The zero-order valence-electron chi connectivity index (χ0n) is 20.3. The minimum atomic E-state index is -1.46. The van der Waals surface area contributed by atoms with Gasteiger partial charge in [-0.15, -0.1) is 0 Å². The molecule has 0 spiro atoms. The number of carbonyl (C=O) groups excluding carboxylic acids is 2. The summed E-state index contributed by atoms with van der Waals surface area (Å²) >= 11 is 6.04. The Morgan fingerprint density at radius 3 is 2.22 bits per heavy atom. The molecule has 2 atom stereocenters. The number of nitrogens with one attached hydrogen (secondary N) is 1. The molecule has 0 fully saturated rings. The van der Waals surface area contributed by atoms with Gasteiger partial charge in [0.15, 0.2) is 5.60 Å². The highest BCUT2D eigenvalue weighted by molar-refractivity contribution is 6.30. The lowest BCUT2D eigenvalue weighted by atomic mass is 9.85. The Balaban J connectivity index is 1.80. The minimum absolute atomic E-state index is 0.165. The molecule has 0 saturated carbocycles. The first kappa shape index (κ1) is 26.5. The molecule has 0 aliphatic carbocycles. The van der Waals surface area contributed by atoms with Gasteiger partial charge in [-0.05, 0) is 80.8 Å². The fourth-order valence-corrected chi connectivity index (χ4v) is 3.96. The summed E-state index contributed by atoms with van der Waals surface area (Å²) in [6, 6.07) is 24.7. The maximum absolute atomic E-state index is 13.2. The topological polar surface area (TPSA) is 103 Å². The van der Waals surface area contributed by atoms with Crippen LogP contribution >= 0.6 is 11.6 Å². The molecule has 0 bridgehead atoms. The van der Waals surface area contributed by atoms with Crippen molar-refractivity contribution in [3.63, 3.8) is 0 Å². The second-order valence-corrected chi connectivity index (χ2v) is 9.47. The number of amides is 1. The number of hydrogen-bond donors (Lipinski definition) is 1. The number of rotatable bonds is 8. The van der Waals surface area contributed by atoms with Crippen LogP contribution in [-0.2, 0) is 16.0 Å². The zero-order valence-corrected chi connectivity index (χ0v) is 21.0. The van der Waals surface area contributed by atoms with Crippen molar-refractivity contribution in [3.8, 4) is 12.1 Å². The third-order valence-electron chi connectivity index (χ3n) is 5.90. The van der Waals surface area contributed by atoms with Crippen molar-refractivity contribution in [2.24, 2.45) is 0 Å². The second kappa shape index (κ2) is 11.5. The highest BCUT2D eigenvalue weighted by atomic mass is 35.5. The first-order chi connectivity index (χ1) is 17.1. The quantitative estimate of drug-likeness (QED) is 0.409. The predicted octanol–water partition coefficient (Wildman–Crippen LogP) is 5.55. The van der Waals surface area contributed by atoms with Gasteiger partial charge in [0, 0.05) is 17.0 Å². The maximum Gasteiger partial charge on any atom is 0.339 e. The number of hydrogen-bond acceptors (Lipinski definition) is 5. The minimum Gasteiger partial charge on any atom is -0.446 e. The number of esters is 1. The Kier molecular flexibility index (Phi) is 8.48. The molecule has 0 saturated heterocycles. The molecule has 3 rings (SSSR count). The predicted molar refractivity (Wildman–Crippen MR) is 137 cm³/mol. The summed E-state index contributed by atoms with van der Waals surface area (Å²) in [6.45, 7) is 4.92. The van der Waals surface area contributed by atoms with Crippen LogP contribution in [0.1, 0.15) is 59.3 Å². The number of halogens is 1. The number of benzene rings is 3. The van der Waals surface area contributed by atoms with Gasteiger partial charge in [0.05, 0.1) is 28.8 Å². The maximum atomic E-state index is 13.2. The molecule has 0 heterocycles. The van der Waals surface area contributed by atoms with Gasteiger partial charge in [-0.25, -0.2) is 4.79 Å². The fraction of sp³-hybridized carbons (Fsp3) is 0.241. The van der Waals surface area contributed by atoms with Crippen molar-refractivity contribution < 1.29 is 14.3 Å². The molecule has 3 aromatic carbocycles. The number of nitrogens with zero attached hydrogens (tertiary/aromatic N) is 2. The highest BCUT2D eigenvalue weighted by Crippen LogP contribution is 2.27. The van der Waals surface area contributed by atoms with Crippen molar-refractivity contribution >= 4 is 23.5 Å². The van der Waals surface area contributed by atoms with E-state index in [4.69, 9.17) is 21.6 Å². The Morgan fingerprint density at radius 2 is 1.58 bits per heavy atom. The van der Waals surface area contributed by atoms with E-state index in [1.165, 1.54) is 26.0 Å². The molecule has 7 heteroatoms. The SMILES string of the molecule is CC(NC(=O)C(C)(C)OC(=O)c1cccc(C#N)c1)C(Cc1ccc(Cl)cc1)c1cccc(C#N)c1. The fourth-order valence-electron chi connectivity index (χ4n) is 3.83. The average Bonchev–Trinajstić information content (AvgIpc) is 2.88. The molecule has 0 aliphatic heterocycles. The van der Waals surface area contributed by atoms with Gasteiger partial charge in [-0.2, -0.15) is 10.5 Å². The smallest absolute Gasteiger partial charge is 0.339 e. The molecule has 1 N–H and O–H groups in total. The Morgan fingerprint density at radius 1 is 0.972 bits per heavy atom. The largest absolute Gasteiger partial charge is 0.446 e. The van der Waals surface area contributed by atoms with Crippen molar-refractivity contribution in [2.45, 2.75) is 44.8 Å². The van der Waals surface area contributed by atoms with E-state index in [1.807, 2.05) is 55.5 Å². The third kappa shape index (κ3) is 6.72. The Hall–Kier alpha value is -4.13. The van der Waals surface area contributed by atoms with Crippen LogP contribution in [0.3, 0.4) is 0 Å². The van der Waals surface area contributed by atoms with E-state index in [2.05, 4.69) is 11.4 Å². The van der Waals surface area contributed by atoms with Crippen molar-refractivity contribution in [3.05, 3.63) is 106 Å². The van der Waals surface area contributed by atoms with E-state index in [0.717, 1.165) is 11.1 Å². The molecule has 0 aliphatic rings. The molecule has 36 heavy (non-hydrogen) atoms. The van der Waals surface area contributed by atoms with Crippen LogP contribution in [0.2, 0.25) is 5.02 Å². The first-order valence-electron chi connectivity index (χ1n) is 11.4. The number of ether oxygens (including phenoxy) is 1. The van der Waals surface area contributed by atoms with Crippen LogP contribution < -0.4 is 5.32 Å². The normalized spacial score (nSPS) is 12.5. The van der Waals surface area contributed by atoms with Crippen LogP contribution in [0.25, 0.3) is 0 Å². The monoisotopic (exact) mass is 499 g/mol. The summed E-state index contributed by atoms with van der Waals surface area (Å²) < 4.78 is 5.52. The lowest BCUT2D eigenvalue weighted by Crippen LogP contribution is -2.50. The van der Waals surface area contributed by atoms with Gasteiger partial charge in [-0.1, -0.05) is 41.9 Å².